The van der Waals surface area contributed by atoms with Gasteiger partial charge in [0.2, 0.25) is 0 Å². The van der Waals surface area contributed by atoms with E-state index in [2.05, 4.69) is 16.9 Å². The average molecular weight is 281 g/mol. The minimum absolute atomic E-state index is 0.341. The molecule has 3 rings (SSSR count). The summed E-state index contributed by atoms with van der Waals surface area (Å²) in [6.45, 7) is 0. The highest BCUT2D eigenvalue weighted by Crippen LogP contribution is 2.41. The lowest BCUT2D eigenvalue weighted by atomic mass is 9.84. The third-order valence-corrected chi connectivity index (χ3v) is 5.68. The van der Waals surface area contributed by atoms with Crippen LogP contribution in [0.15, 0.2) is 12.3 Å². The summed E-state index contributed by atoms with van der Waals surface area (Å²) < 4.78 is 2.23. The highest BCUT2D eigenvalue weighted by molar-refractivity contribution is 6.18. The number of hydrogen-bond donors (Lipinski definition) is 0. The summed E-state index contributed by atoms with van der Waals surface area (Å²) in [6, 6.07) is 2.87. The number of nitrogens with zero attached hydrogens (tertiary/aromatic N) is 2. The SMILES string of the molecule is ClCC1(Cc2ccn(C3CCCCC3)n2)CCCC1. The molecule has 0 spiro atoms. The maximum absolute atomic E-state index is 6.24. The smallest absolute Gasteiger partial charge is 0.0630 e. The highest BCUT2D eigenvalue weighted by atomic mass is 35.5. The molecule has 1 aromatic heterocycles. The molecule has 0 aromatic carbocycles. The molecule has 0 atom stereocenters. The molecule has 2 saturated carbocycles. The summed E-state index contributed by atoms with van der Waals surface area (Å²) in [5.74, 6) is 0.795. The first kappa shape index (κ1) is 13.5. The summed E-state index contributed by atoms with van der Waals surface area (Å²) in [6.07, 6.45) is 15.3. The molecular weight excluding hydrogens is 256 g/mol. The largest absolute Gasteiger partial charge is 0.269 e. The van der Waals surface area contributed by atoms with Crippen LogP contribution in [-0.4, -0.2) is 15.7 Å². The van der Waals surface area contributed by atoms with Crippen LogP contribution in [-0.2, 0) is 6.42 Å². The second kappa shape index (κ2) is 5.87. The number of hydrogen-bond acceptors (Lipinski definition) is 1. The number of aromatic nitrogens is 2. The summed E-state index contributed by atoms with van der Waals surface area (Å²) in [7, 11) is 0. The second-order valence-corrected chi connectivity index (χ2v) is 6.86. The van der Waals surface area contributed by atoms with Crippen molar-refractivity contribution in [1.82, 2.24) is 9.78 Å². The monoisotopic (exact) mass is 280 g/mol. The van der Waals surface area contributed by atoms with Crippen molar-refractivity contribution in [2.45, 2.75) is 70.3 Å². The lowest BCUT2D eigenvalue weighted by Gasteiger charge is -2.25. The molecule has 0 radical (unpaired) electrons. The van der Waals surface area contributed by atoms with E-state index in [9.17, 15) is 0 Å². The molecule has 1 aromatic rings. The van der Waals surface area contributed by atoms with Gasteiger partial charge in [-0.1, -0.05) is 32.1 Å². The van der Waals surface area contributed by atoms with Crippen LogP contribution in [0.4, 0.5) is 0 Å². The molecular formula is C16H25ClN2. The predicted octanol–water partition coefficient (Wildman–Crippen LogP) is 4.73. The highest BCUT2D eigenvalue weighted by Gasteiger charge is 2.33. The third kappa shape index (κ3) is 2.99. The van der Waals surface area contributed by atoms with Gasteiger partial charge in [-0.15, -0.1) is 11.6 Å². The molecule has 2 aliphatic carbocycles. The Bertz CT molecular complexity index is 401. The maximum Gasteiger partial charge on any atom is 0.0630 e. The van der Waals surface area contributed by atoms with E-state index < -0.39 is 0 Å². The zero-order chi connectivity index (χ0) is 13.1. The van der Waals surface area contributed by atoms with Gasteiger partial charge in [0.1, 0.15) is 0 Å². The molecule has 3 heteroatoms. The van der Waals surface area contributed by atoms with Crippen LogP contribution in [0.3, 0.4) is 0 Å². The van der Waals surface area contributed by atoms with Gasteiger partial charge < -0.3 is 0 Å². The van der Waals surface area contributed by atoms with Gasteiger partial charge in [0.15, 0.2) is 0 Å². The Morgan fingerprint density at radius 1 is 1.16 bits per heavy atom. The van der Waals surface area contributed by atoms with Gasteiger partial charge in [0.05, 0.1) is 11.7 Å². The molecule has 106 valence electrons. The van der Waals surface area contributed by atoms with E-state index in [-0.39, 0.29) is 0 Å². The van der Waals surface area contributed by atoms with Crippen LogP contribution >= 0.6 is 11.6 Å². The van der Waals surface area contributed by atoms with Crippen molar-refractivity contribution in [1.29, 1.82) is 0 Å². The van der Waals surface area contributed by atoms with Crippen molar-refractivity contribution in [3.8, 4) is 0 Å². The Morgan fingerprint density at radius 3 is 2.58 bits per heavy atom. The molecule has 2 fully saturated rings. The van der Waals surface area contributed by atoms with E-state index in [1.807, 2.05) is 0 Å². The van der Waals surface area contributed by atoms with Crippen LogP contribution in [0.1, 0.15) is 69.5 Å². The molecule has 2 nitrogen and oxygen atoms in total. The fraction of sp³-hybridized carbons (Fsp3) is 0.812. The number of alkyl halides is 1. The fourth-order valence-electron chi connectivity index (χ4n) is 3.89. The van der Waals surface area contributed by atoms with Gasteiger partial charge in [-0.05, 0) is 43.6 Å². The average Bonchev–Trinajstić information content (AvgIpc) is 3.10. The molecule has 19 heavy (non-hydrogen) atoms. The Hall–Kier alpha value is -0.500. The summed E-state index contributed by atoms with van der Waals surface area (Å²) in [5, 5.41) is 4.85. The Balaban J connectivity index is 1.67. The van der Waals surface area contributed by atoms with E-state index in [0.29, 0.717) is 11.5 Å². The van der Waals surface area contributed by atoms with Gasteiger partial charge in [-0.25, -0.2) is 0 Å². The van der Waals surface area contributed by atoms with Crippen LogP contribution in [0, 0.1) is 5.41 Å². The number of rotatable bonds is 4. The molecule has 0 amide bonds. The van der Waals surface area contributed by atoms with E-state index >= 15 is 0 Å². The molecule has 0 bridgehead atoms. The Morgan fingerprint density at radius 2 is 1.89 bits per heavy atom. The van der Waals surface area contributed by atoms with Gasteiger partial charge >= 0.3 is 0 Å². The first-order chi connectivity index (χ1) is 9.31. The van der Waals surface area contributed by atoms with Crippen molar-refractivity contribution in [3.63, 3.8) is 0 Å². The van der Waals surface area contributed by atoms with Crippen molar-refractivity contribution < 1.29 is 0 Å². The topological polar surface area (TPSA) is 17.8 Å². The first-order valence-corrected chi connectivity index (χ1v) is 8.45. The lowest BCUT2D eigenvalue weighted by molar-refractivity contribution is 0.315. The third-order valence-electron chi connectivity index (χ3n) is 5.12. The zero-order valence-corrected chi connectivity index (χ0v) is 12.5. The van der Waals surface area contributed by atoms with E-state index in [0.717, 1.165) is 12.3 Å². The zero-order valence-electron chi connectivity index (χ0n) is 11.8. The van der Waals surface area contributed by atoms with Crippen molar-refractivity contribution in [2.75, 3.05) is 5.88 Å². The standard InChI is InChI=1S/C16H25ClN2/c17-13-16(9-4-5-10-16)12-14-8-11-19(18-14)15-6-2-1-3-7-15/h8,11,15H,1-7,9-10,12-13H2. The van der Waals surface area contributed by atoms with Crippen LogP contribution in [0.5, 0.6) is 0 Å². The summed E-state index contributed by atoms with van der Waals surface area (Å²) in [5.41, 5.74) is 1.60. The molecule has 1 heterocycles. The molecule has 0 aliphatic heterocycles. The second-order valence-electron chi connectivity index (χ2n) is 6.60. The molecule has 2 aliphatic rings. The van der Waals surface area contributed by atoms with Gasteiger partial charge in [0, 0.05) is 12.1 Å². The van der Waals surface area contributed by atoms with E-state index in [4.69, 9.17) is 16.7 Å². The van der Waals surface area contributed by atoms with Crippen molar-refractivity contribution in [2.24, 2.45) is 5.41 Å². The van der Waals surface area contributed by atoms with E-state index in [1.54, 1.807) is 0 Å². The number of halogens is 1. The first-order valence-electron chi connectivity index (χ1n) is 7.91. The van der Waals surface area contributed by atoms with Crippen molar-refractivity contribution in [3.05, 3.63) is 18.0 Å². The minimum atomic E-state index is 0.341. The fourth-order valence-corrected chi connectivity index (χ4v) is 4.25. The van der Waals surface area contributed by atoms with Crippen LogP contribution < -0.4 is 0 Å². The maximum atomic E-state index is 6.24. The molecule has 0 saturated heterocycles. The van der Waals surface area contributed by atoms with E-state index in [1.165, 1.54) is 63.5 Å². The summed E-state index contributed by atoms with van der Waals surface area (Å²) >= 11 is 6.24. The minimum Gasteiger partial charge on any atom is -0.269 e. The van der Waals surface area contributed by atoms with Crippen LogP contribution in [0.25, 0.3) is 0 Å². The van der Waals surface area contributed by atoms with Crippen LogP contribution in [0.2, 0.25) is 0 Å². The normalized spacial score (nSPS) is 23.8. The van der Waals surface area contributed by atoms with Gasteiger partial charge in [-0.3, -0.25) is 4.68 Å². The molecule has 0 unspecified atom stereocenters. The van der Waals surface area contributed by atoms with Gasteiger partial charge in [-0.2, -0.15) is 5.10 Å². The Kier molecular flexibility index (Phi) is 4.16. The Labute approximate surface area is 121 Å². The molecule has 0 N–H and O–H groups in total. The summed E-state index contributed by atoms with van der Waals surface area (Å²) in [4.78, 5) is 0. The quantitative estimate of drug-likeness (QED) is 0.729. The predicted molar refractivity (Wildman–Crippen MR) is 79.7 cm³/mol. The van der Waals surface area contributed by atoms with Gasteiger partial charge in [0.25, 0.3) is 0 Å². The van der Waals surface area contributed by atoms with Crippen molar-refractivity contribution >= 4 is 11.6 Å². The lowest BCUT2D eigenvalue weighted by Crippen LogP contribution is -2.22.